The average molecular weight is 376 g/mol. The number of phenolic OH excluding ortho intramolecular Hbond substituents is 1. The van der Waals surface area contributed by atoms with Crippen molar-refractivity contribution in [3.05, 3.63) is 71.8 Å². The molecule has 0 bridgehead atoms. The molecule has 0 fully saturated rings. The lowest BCUT2D eigenvalue weighted by molar-refractivity contribution is -0.123. The van der Waals surface area contributed by atoms with E-state index in [1.54, 1.807) is 6.07 Å². The zero-order chi connectivity index (χ0) is 19.8. The molecule has 3 aromatic carbocycles. The Balaban J connectivity index is 1.54. The molecule has 0 saturated carbocycles. The Morgan fingerprint density at radius 2 is 1.89 bits per heavy atom. The summed E-state index contributed by atoms with van der Waals surface area (Å²) in [6.07, 6.45) is 4.81. The van der Waals surface area contributed by atoms with Crippen molar-refractivity contribution in [1.82, 2.24) is 5.43 Å². The van der Waals surface area contributed by atoms with Gasteiger partial charge in [0.05, 0.1) is 6.21 Å². The fourth-order valence-electron chi connectivity index (χ4n) is 2.90. The van der Waals surface area contributed by atoms with E-state index in [2.05, 4.69) is 17.5 Å². The first-order valence-corrected chi connectivity index (χ1v) is 9.41. The summed E-state index contributed by atoms with van der Waals surface area (Å²) < 4.78 is 5.49. The van der Waals surface area contributed by atoms with Gasteiger partial charge in [0.15, 0.2) is 6.61 Å². The van der Waals surface area contributed by atoms with Crippen molar-refractivity contribution in [2.45, 2.75) is 26.2 Å². The van der Waals surface area contributed by atoms with Crippen LogP contribution in [0.4, 0.5) is 0 Å². The Morgan fingerprint density at radius 1 is 1.11 bits per heavy atom. The second-order valence-electron chi connectivity index (χ2n) is 6.55. The summed E-state index contributed by atoms with van der Waals surface area (Å²) >= 11 is 0. The number of unbranched alkanes of at least 4 members (excludes halogenated alkanes) is 1. The van der Waals surface area contributed by atoms with E-state index in [-0.39, 0.29) is 18.3 Å². The highest BCUT2D eigenvalue weighted by atomic mass is 16.5. The van der Waals surface area contributed by atoms with Crippen LogP contribution >= 0.6 is 0 Å². The number of aromatic hydroxyl groups is 1. The topological polar surface area (TPSA) is 70.9 Å². The average Bonchev–Trinajstić information content (AvgIpc) is 2.73. The molecule has 0 aliphatic rings. The van der Waals surface area contributed by atoms with Crippen molar-refractivity contribution in [3.63, 3.8) is 0 Å². The minimum atomic E-state index is -0.369. The second-order valence-corrected chi connectivity index (χ2v) is 6.55. The number of carbonyl (C=O) groups excluding carboxylic acids is 1. The third kappa shape index (κ3) is 5.10. The molecule has 0 unspecified atom stereocenters. The van der Waals surface area contributed by atoms with Crippen LogP contribution in [0.2, 0.25) is 0 Å². The molecular weight excluding hydrogens is 352 g/mol. The normalized spacial score (nSPS) is 11.0. The number of carbonyl (C=O) groups is 1. The van der Waals surface area contributed by atoms with Crippen molar-refractivity contribution in [2.24, 2.45) is 5.10 Å². The standard InChI is InChI=1S/C23H24N2O3/c1-2-3-6-17-9-12-19(13-10-17)28-16-23(27)25-24-15-21-20-8-5-4-7-18(20)11-14-22(21)26/h4-5,7-15,26H,2-3,6,16H2,1H3,(H,25,27). The van der Waals surface area contributed by atoms with E-state index >= 15 is 0 Å². The molecule has 1 amide bonds. The van der Waals surface area contributed by atoms with Crippen molar-refractivity contribution in [3.8, 4) is 11.5 Å². The van der Waals surface area contributed by atoms with Gasteiger partial charge in [0.2, 0.25) is 0 Å². The fourth-order valence-corrected chi connectivity index (χ4v) is 2.90. The number of fused-ring (bicyclic) bond motifs is 1. The van der Waals surface area contributed by atoms with E-state index in [0.717, 1.165) is 30.0 Å². The van der Waals surface area contributed by atoms with Crippen LogP contribution in [0.3, 0.4) is 0 Å². The number of hydrazone groups is 1. The number of hydrogen-bond donors (Lipinski definition) is 2. The first-order valence-electron chi connectivity index (χ1n) is 9.41. The van der Waals surface area contributed by atoms with E-state index in [1.165, 1.54) is 11.8 Å². The zero-order valence-corrected chi connectivity index (χ0v) is 15.9. The number of aryl methyl sites for hydroxylation is 1. The molecular formula is C23H24N2O3. The highest BCUT2D eigenvalue weighted by Crippen LogP contribution is 2.25. The molecule has 28 heavy (non-hydrogen) atoms. The first kappa shape index (κ1) is 19.4. The molecule has 0 saturated heterocycles. The van der Waals surface area contributed by atoms with Gasteiger partial charge in [0.1, 0.15) is 11.5 Å². The molecule has 0 atom stereocenters. The highest BCUT2D eigenvalue weighted by molar-refractivity contribution is 6.02. The molecule has 0 aliphatic heterocycles. The lowest BCUT2D eigenvalue weighted by Gasteiger charge is -2.07. The molecule has 3 aromatic rings. The van der Waals surface area contributed by atoms with Gasteiger partial charge in [-0.1, -0.05) is 55.8 Å². The monoisotopic (exact) mass is 376 g/mol. The fraction of sp³-hybridized carbons (Fsp3) is 0.217. The zero-order valence-electron chi connectivity index (χ0n) is 15.9. The van der Waals surface area contributed by atoms with Crippen molar-refractivity contribution >= 4 is 22.9 Å². The maximum Gasteiger partial charge on any atom is 0.277 e. The number of amides is 1. The molecule has 5 nitrogen and oxygen atoms in total. The van der Waals surface area contributed by atoms with E-state index in [4.69, 9.17) is 4.74 Å². The number of ether oxygens (including phenoxy) is 1. The van der Waals surface area contributed by atoms with Crippen molar-refractivity contribution in [2.75, 3.05) is 6.61 Å². The van der Waals surface area contributed by atoms with Gasteiger partial charge in [-0.25, -0.2) is 5.43 Å². The Labute approximate surface area is 164 Å². The summed E-state index contributed by atoms with van der Waals surface area (Å²) in [6, 6.07) is 18.9. The molecule has 0 aromatic heterocycles. The van der Waals surface area contributed by atoms with Crippen LogP contribution in [0.5, 0.6) is 11.5 Å². The van der Waals surface area contributed by atoms with Gasteiger partial charge in [-0.3, -0.25) is 4.79 Å². The quantitative estimate of drug-likeness (QED) is 0.452. The molecule has 2 N–H and O–H groups in total. The number of benzene rings is 3. The molecule has 0 heterocycles. The summed E-state index contributed by atoms with van der Waals surface area (Å²) in [6.45, 7) is 2.04. The minimum absolute atomic E-state index is 0.108. The van der Waals surface area contributed by atoms with Gasteiger partial charge in [0, 0.05) is 5.56 Å². The van der Waals surface area contributed by atoms with Crippen LogP contribution < -0.4 is 10.2 Å². The van der Waals surface area contributed by atoms with E-state index in [1.807, 2.05) is 54.6 Å². The van der Waals surface area contributed by atoms with Crippen LogP contribution in [-0.2, 0) is 11.2 Å². The number of phenols is 1. The Bertz CT molecular complexity index is 965. The summed E-state index contributed by atoms with van der Waals surface area (Å²) in [5, 5.41) is 15.9. The smallest absolute Gasteiger partial charge is 0.277 e. The molecule has 0 aliphatic carbocycles. The van der Waals surface area contributed by atoms with Crippen LogP contribution in [0.15, 0.2) is 65.8 Å². The third-order valence-corrected chi connectivity index (χ3v) is 4.44. The van der Waals surface area contributed by atoms with Gasteiger partial charge in [-0.05, 0) is 47.4 Å². The number of rotatable bonds is 8. The van der Waals surface area contributed by atoms with Gasteiger partial charge in [-0.2, -0.15) is 5.10 Å². The number of hydrogen-bond acceptors (Lipinski definition) is 4. The first-order chi connectivity index (χ1) is 13.7. The summed E-state index contributed by atoms with van der Waals surface area (Å²) in [5.74, 6) is 0.383. The summed E-state index contributed by atoms with van der Waals surface area (Å²) in [5.41, 5.74) is 4.25. The van der Waals surface area contributed by atoms with Crippen molar-refractivity contribution < 1.29 is 14.6 Å². The van der Waals surface area contributed by atoms with Crippen molar-refractivity contribution in [1.29, 1.82) is 0 Å². The maximum absolute atomic E-state index is 12.0. The highest BCUT2D eigenvalue weighted by Gasteiger charge is 2.05. The van der Waals surface area contributed by atoms with Gasteiger partial charge in [0.25, 0.3) is 5.91 Å². The van der Waals surface area contributed by atoms with Crippen LogP contribution in [0.1, 0.15) is 30.9 Å². The molecule has 5 heteroatoms. The second kappa shape index (κ2) is 9.55. The van der Waals surface area contributed by atoms with Crippen LogP contribution in [-0.4, -0.2) is 23.8 Å². The van der Waals surface area contributed by atoms with Gasteiger partial charge in [-0.15, -0.1) is 0 Å². The minimum Gasteiger partial charge on any atom is -0.507 e. The maximum atomic E-state index is 12.0. The molecule has 144 valence electrons. The van der Waals surface area contributed by atoms with E-state index in [9.17, 15) is 9.90 Å². The lowest BCUT2D eigenvalue weighted by atomic mass is 10.0. The van der Waals surface area contributed by atoms with Crippen LogP contribution in [0, 0.1) is 0 Å². The summed E-state index contributed by atoms with van der Waals surface area (Å²) in [7, 11) is 0. The SMILES string of the molecule is CCCCc1ccc(OCC(=O)NN=Cc2c(O)ccc3ccccc23)cc1. The van der Waals surface area contributed by atoms with Crippen LogP contribution in [0.25, 0.3) is 10.8 Å². The lowest BCUT2D eigenvalue weighted by Crippen LogP contribution is -2.24. The predicted octanol–water partition coefficient (Wildman–Crippen LogP) is 4.42. The van der Waals surface area contributed by atoms with Gasteiger partial charge < -0.3 is 9.84 Å². The van der Waals surface area contributed by atoms with E-state index < -0.39 is 0 Å². The summed E-state index contributed by atoms with van der Waals surface area (Å²) in [4.78, 5) is 12.0. The molecule has 3 rings (SSSR count). The Morgan fingerprint density at radius 3 is 2.68 bits per heavy atom. The van der Waals surface area contributed by atoms with E-state index in [0.29, 0.717) is 11.3 Å². The van der Waals surface area contributed by atoms with Gasteiger partial charge >= 0.3 is 0 Å². The number of nitrogens with one attached hydrogen (secondary N) is 1. The Hall–Kier alpha value is -3.34. The predicted molar refractivity (Wildman–Crippen MR) is 112 cm³/mol. The molecule has 0 radical (unpaired) electrons. The molecule has 0 spiro atoms. The largest absolute Gasteiger partial charge is 0.507 e. The third-order valence-electron chi connectivity index (χ3n) is 4.44. The Kier molecular flexibility index (Phi) is 6.63. The number of nitrogens with zero attached hydrogens (tertiary/aromatic N) is 1.